The molecule has 0 bridgehead atoms. The Labute approximate surface area is 92.0 Å². The number of amides is 1. The molecule has 2 N–H and O–H groups in total. The van der Waals surface area contributed by atoms with E-state index in [4.69, 9.17) is 5.73 Å². The summed E-state index contributed by atoms with van der Waals surface area (Å²) in [6.45, 7) is 4.39. The van der Waals surface area contributed by atoms with Gasteiger partial charge in [-0.2, -0.15) is 0 Å². The minimum Gasteiger partial charge on any atom is -0.342 e. The lowest BCUT2D eigenvalue weighted by molar-refractivity contribution is -0.128. The Hall–Kier alpha value is -0.570. The van der Waals surface area contributed by atoms with Crippen LogP contribution in [0.2, 0.25) is 0 Å². The van der Waals surface area contributed by atoms with E-state index in [0.29, 0.717) is 11.3 Å². The summed E-state index contributed by atoms with van der Waals surface area (Å²) in [4.78, 5) is 13.5. The van der Waals surface area contributed by atoms with Crippen LogP contribution in [0.15, 0.2) is 0 Å². The van der Waals surface area contributed by atoms with Gasteiger partial charge in [-0.1, -0.05) is 12.8 Å². The molecule has 2 fully saturated rings. The van der Waals surface area contributed by atoms with Gasteiger partial charge in [-0.25, -0.2) is 0 Å². The highest BCUT2D eigenvalue weighted by Crippen LogP contribution is 2.50. The number of nitrogens with two attached hydrogens (primary N) is 1. The Morgan fingerprint density at radius 2 is 2.13 bits per heavy atom. The molecule has 2 rings (SSSR count). The molecule has 1 amide bonds. The maximum atomic E-state index is 11.4. The van der Waals surface area contributed by atoms with Gasteiger partial charge in [0.1, 0.15) is 0 Å². The summed E-state index contributed by atoms with van der Waals surface area (Å²) in [7, 11) is 0. The van der Waals surface area contributed by atoms with Gasteiger partial charge in [0, 0.05) is 20.0 Å². The molecule has 15 heavy (non-hydrogen) atoms. The Morgan fingerprint density at radius 1 is 1.47 bits per heavy atom. The van der Waals surface area contributed by atoms with E-state index in [1.165, 1.54) is 25.7 Å². The van der Waals surface area contributed by atoms with Crippen LogP contribution in [0.3, 0.4) is 0 Å². The molecule has 0 aromatic rings. The molecule has 1 heterocycles. The van der Waals surface area contributed by atoms with Gasteiger partial charge in [0.05, 0.1) is 0 Å². The Balaban J connectivity index is 2.10. The SMILES string of the molecule is CC(=O)N1CC(CCN)C2(CCCC2)C1. The lowest BCUT2D eigenvalue weighted by atomic mass is 9.75. The van der Waals surface area contributed by atoms with Crippen molar-refractivity contribution in [3.05, 3.63) is 0 Å². The van der Waals surface area contributed by atoms with Crippen molar-refractivity contribution in [3.63, 3.8) is 0 Å². The van der Waals surface area contributed by atoms with Crippen LogP contribution >= 0.6 is 0 Å². The second-order valence-corrected chi connectivity index (χ2v) is 5.24. The van der Waals surface area contributed by atoms with Gasteiger partial charge in [0.2, 0.25) is 5.91 Å². The summed E-state index contributed by atoms with van der Waals surface area (Å²) >= 11 is 0. The van der Waals surface area contributed by atoms with Crippen molar-refractivity contribution < 1.29 is 4.79 Å². The van der Waals surface area contributed by atoms with Crippen molar-refractivity contribution in [1.29, 1.82) is 0 Å². The minimum absolute atomic E-state index is 0.237. The monoisotopic (exact) mass is 210 g/mol. The fourth-order valence-electron chi connectivity index (χ4n) is 3.52. The molecule has 0 radical (unpaired) electrons. The summed E-state index contributed by atoms with van der Waals surface area (Å²) in [6, 6.07) is 0. The molecule has 1 saturated heterocycles. The molecular weight excluding hydrogens is 188 g/mol. The van der Waals surface area contributed by atoms with Crippen molar-refractivity contribution in [2.24, 2.45) is 17.1 Å². The first-order valence-electron chi connectivity index (χ1n) is 6.13. The Morgan fingerprint density at radius 3 is 2.67 bits per heavy atom. The number of carbonyl (C=O) groups is 1. The third kappa shape index (κ3) is 1.89. The van der Waals surface area contributed by atoms with E-state index in [2.05, 4.69) is 0 Å². The van der Waals surface area contributed by atoms with Gasteiger partial charge in [-0.3, -0.25) is 4.79 Å². The molecule has 86 valence electrons. The van der Waals surface area contributed by atoms with Crippen LogP contribution in [0.1, 0.15) is 39.0 Å². The van der Waals surface area contributed by atoms with Crippen molar-refractivity contribution in [3.8, 4) is 0 Å². The van der Waals surface area contributed by atoms with Crippen LogP contribution < -0.4 is 5.73 Å². The number of carbonyl (C=O) groups excluding carboxylic acids is 1. The second kappa shape index (κ2) is 4.12. The van der Waals surface area contributed by atoms with Crippen molar-refractivity contribution in [2.75, 3.05) is 19.6 Å². The van der Waals surface area contributed by atoms with Crippen LogP contribution in [-0.4, -0.2) is 30.4 Å². The minimum atomic E-state index is 0.237. The number of likely N-dealkylation sites (tertiary alicyclic amines) is 1. The summed E-state index contributed by atoms with van der Waals surface area (Å²) in [6.07, 6.45) is 6.38. The van der Waals surface area contributed by atoms with Crippen molar-refractivity contribution in [2.45, 2.75) is 39.0 Å². The van der Waals surface area contributed by atoms with Gasteiger partial charge in [0.15, 0.2) is 0 Å². The molecule has 3 nitrogen and oxygen atoms in total. The first kappa shape index (κ1) is 10.9. The van der Waals surface area contributed by atoms with Crippen LogP contribution in [0, 0.1) is 11.3 Å². The van der Waals surface area contributed by atoms with Crippen molar-refractivity contribution >= 4 is 5.91 Å². The number of hydrogen-bond donors (Lipinski definition) is 1. The molecule has 0 aromatic carbocycles. The standard InChI is InChI=1S/C12H22N2O/c1-10(15)14-8-11(4-7-13)12(9-14)5-2-3-6-12/h11H,2-9,13H2,1H3. The van der Waals surface area contributed by atoms with E-state index in [-0.39, 0.29) is 5.91 Å². The van der Waals surface area contributed by atoms with Crippen LogP contribution in [-0.2, 0) is 4.79 Å². The zero-order chi connectivity index (χ0) is 10.9. The Bertz CT molecular complexity index is 246. The molecule has 1 aliphatic carbocycles. The number of hydrogen-bond acceptors (Lipinski definition) is 2. The molecule has 0 aromatic heterocycles. The van der Waals surface area contributed by atoms with E-state index in [1.54, 1.807) is 6.92 Å². The molecule has 2 aliphatic rings. The van der Waals surface area contributed by atoms with E-state index in [1.807, 2.05) is 4.90 Å². The van der Waals surface area contributed by atoms with Gasteiger partial charge in [0.25, 0.3) is 0 Å². The van der Waals surface area contributed by atoms with E-state index in [0.717, 1.165) is 26.1 Å². The van der Waals surface area contributed by atoms with Crippen LogP contribution in [0.25, 0.3) is 0 Å². The molecule has 1 unspecified atom stereocenters. The lowest BCUT2D eigenvalue weighted by Gasteiger charge is -2.29. The molecule has 3 heteroatoms. The highest BCUT2D eigenvalue weighted by Gasteiger charge is 2.47. The summed E-state index contributed by atoms with van der Waals surface area (Å²) < 4.78 is 0. The van der Waals surface area contributed by atoms with Gasteiger partial charge < -0.3 is 10.6 Å². The largest absolute Gasteiger partial charge is 0.342 e. The highest BCUT2D eigenvalue weighted by atomic mass is 16.2. The fourth-order valence-corrected chi connectivity index (χ4v) is 3.52. The average Bonchev–Trinajstić information content (AvgIpc) is 2.78. The maximum absolute atomic E-state index is 11.4. The zero-order valence-corrected chi connectivity index (χ0v) is 9.67. The van der Waals surface area contributed by atoms with Gasteiger partial charge in [-0.15, -0.1) is 0 Å². The van der Waals surface area contributed by atoms with E-state index in [9.17, 15) is 4.79 Å². The Kier molecular flexibility index (Phi) is 3.01. The quantitative estimate of drug-likeness (QED) is 0.748. The third-order valence-electron chi connectivity index (χ3n) is 4.37. The first-order valence-corrected chi connectivity index (χ1v) is 6.13. The predicted octanol–water partition coefficient (Wildman–Crippen LogP) is 1.37. The van der Waals surface area contributed by atoms with Gasteiger partial charge in [-0.05, 0) is 37.1 Å². The highest BCUT2D eigenvalue weighted by molar-refractivity contribution is 5.73. The predicted molar refractivity (Wildman–Crippen MR) is 60.3 cm³/mol. The zero-order valence-electron chi connectivity index (χ0n) is 9.67. The smallest absolute Gasteiger partial charge is 0.219 e. The first-order chi connectivity index (χ1) is 7.18. The molecular formula is C12H22N2O. The normalized spacial score (nSPS) is 28.9. The van der Waals surface area contributed by atoms with Crippen molar-refractivity contribution in [1.82, 2.24) is 4.90 Å². The van der Waals surface area contributed by atoms with E-state index >= 15 is 0 Å². The molecule has 1 spiro atoms. The lowest BCUT2D eigenvalue weighted by Crippen LogP contribution is -2.30. The summed E-state index contributed by atoms with van der Waals surface area (Å²) in [5.41, 5.74) is 6.11. The maximum Gasteiger partial charge on any atom is 0.219 e. The van der Waals surface area contributed by atoms with Gasteiger partial charge >= 0.3 is 0 Å². The summed E-state index contributed by atoms with van der Waals surface area (Å²) in [5.74, 6) is 0.898. The topological polar surface area (TPSA) is 46.3 Å². The fraction of sp³-hybridized carbons (Fsp3) is 0.917. The summed E-state index contributed by atoms with van der Waals surface area (Å²) in [5, 5.41) is 0. The molecule has 1 atom stereocenters. The average molecular weight is 210 g/mol. The molecule has 1 saturated carbocycles. The second-order valence-electron chi connectivity index (χ2n) is 5.24. The van der Waals surface area contributed by atoms with Crippen LogP contribution in [0.4, 0.5) is 0 Å². The van der Waals surface area contributed by atoms with E-state index < -0.39 is 0 Å². The van der Waals surface area contributed by atoms with Crippen LogP contribution in [0.5, 0.6) is 0 Å². The number of rotatable bonds is 2. The number of nitrogens with zero attached hydrogens (tertiary/aromatic N) is 1. The third-order valence-corrected chi connectivity index (χ3v) is 4.37. The molecule has 1 aliphatic heterocycles.